The molecule has 1 amide bonds. The molecule has 2 atom stereocenters. The number of carboxylic acids is 1. The van der Waals surface area contributed by atoms with Crippen molar-refractivity contribution in [1.82, 2.24) is 5.32 Å². The topological polar surface area (TPSA) is 66.4 Å². The number of nitrogens with one attached hydrogen (secondary N) is 1. The molecule has 0 radical (unpaired) electrons. The molecule has 2 unspecified atom stereocenters. The van der Waals surface area contributed by atoms with Gasteiger partial charge in [-0.25, -0.2) is 4.79 Å². The van der Waals surface area contributed by atoms with Gasteiger partial charge < -0.3 is 10.4 Å². The van der Waals surface area contributed by atoms with Crippen molar-refractivity contribution >= 4 is 11.9 Å². The largest absolute Gasteiger partial charge is 0.479 e. The Morgan fingerprint density at radius 3 is 2.35 bits per heavy atom. The first-order valence-corrected chi connectivity index (χ1v) is 8.37. The zero-order valence-corrected chi connectivity index (χ0v) is 14.5. The molecule has 0 heterocycles. The average molecular weight is 317 g/mol. The van der Waals surface area contributed by atoms with Gasteiger partial charge in [0.15, 0.2) is 0 Å². The number of aryl methyl sites for hydroxylation is 3. The first-order valence-electron chi connectivity index (χ1n) is 8.37. The van der Waals surface area contributed by atoms with E-state index in [-0.39, 0.29) is 18.2 Å². The summed E-state index contributed by atoms with van der Waals surface area (Å²) in [5.74, 6) is -1.15. The van der Waals surface area contributed by atoms with Crippen LogP contribution >= 0.6 is 0 Å². The van der Waals surface area contributed by atoms with Gasteiger partial charge in [-0.15, -0.1) is 0 Å². The number of carboxylic acid groups (broad SMARTS) is 1. The van der Waals surface area contributed by atoms with Crippen molar-refractivity contribution in [3.8, 4) is 0 Å². The van der Waals surface area contributed by atoms with Crippen LogP contribution in [0.1, 0.15) is 54.9 Å². The van der Waals surface area contributed by atoms with Crippen molar-refractivity contribution < 1.29 is 14.7 Å². The molecular weight excluding hydrogens is 290 g/mol. The van der Waals surface area contributed by atoms with E-state index < -0.39 is 11.5 Å². The van der Waals surface area contributed by atoms with E-state index in [4.69, 9.17) is 0 Å². The lowest BCUT2D eigenvalue weighted by molar-refractivity contribution is -0.151. The smallest absolute Gasteiger partial charge is 0.329 e. The van der Waals surface area contributed by atoms with E-state index in [2.05, 4.69) is 17.4 Å². The third kappa shape index (κ3) is 3.57. The molecule has 4 heteroatoms. The highest BCUT2D eigenvalue weighted by Crippen LogP contribution is 2.34. The normalized spacial score (nSPS) is 24.3. The fraction of sp³-hybridized carbons (Fsp3) is 0.579. The summed E-state index contributed by atoms with van der Waals surface area (Å²) in [5, 5.41) is 12.6. The molecule has 126 valence electrons. The van der Waals surface area contributed by atoms with Crippen molar-refractivity contribution in [2.75, 3.05) is 0 Å². The monoisotopic (exact) mass is 317 g/mol. The Bertz CT molecular complexity index is 600. The average Bonchev–Trinajstić information content (AvgIpc) is 2.45. The van der Waals surface area contributed by atoms with Crippen LogP contribution < -0.4 is 5.32 Å². The van der Waals surface area contributed by atoms with Gasteiger partial charge in [0.25, 0.3) is 0 Å². The third-order valence-electron chi connectivity index (χ3n) is 5.22. The summed E-state index contributed by atoms with van der Waals surface area (Å²) in [6, 6.07) is 4.12. The fourth-order valence-electron chi connectivity index (χ4n) is 3.85. The van der Waals surface area contributed by atoms with Crippen molar-refractivity contribution in [1.29, 1.82) is 0 Å². The van der Waals surface area contributed by atoms with Crippen LogP contribution in [0.2, 0.25) is 0 Å². The summed E-state index contributed by atoms with van der Waals surface area (Å²) in [7, 11) is 0. The number of amides is 1. The number of carbonyl (C=O) groups excluding carboxylic acids is 1. The predicted octanol–water partition coefficient (Wildman–Crippen LogP) is 3.30. The van der Waals surface area contributed by atoms with Gasteiger partial charge in [-0.1, -0.05) is 37.5 Å². The Kier molecular flexibility index (Phi) is 5.12. The highest BCUT2D eigenvalue weighted by Gasteiger charge is 2.46. The number of rotatable bonds is 4. The lowest BCUT2D eigenvalue weighted by Crippen LogP contribution is -2.60. The fourth-order valence-corrected chi connectivity index (χ4v) is 3.85. The number of hydrogen-bond acceptors (Lipinski definition) is 2. The second-order valence-electron chi connectivity index (χ2n) is 7.03. The van der Waals surface area contributed by atoms with E-state index in [0.717, 1.165) is 36.0 Å². The summed E-state index contributed by atoms with van der Waals surface area (Å²) in [5.41, 5.74) is 3.23. The molecule has 0 spiro atoms. The second-order valence-corrected chi connectivity index (χ2v) is 7.03. The van der Waals surface area contributed by atoms with Gasteiger partial charge in [-0.2, -0.15) is 0 Å². The van der Waals surface area contributed by atoms with E-state index in [1.165, 1.54) is 5.56 Å². The molecule has 2 rings (SSSR count). The maximum absolute atomic E-state index is 12.6. The molecule has 1 aliphatic rings. The molecule has 0 bridgehead atoms. The highest BCUT2D eigenvalue weighted by atomic mass is 16.4. The van der Waals surface area contributed by atoms with E-state index in [0.29, 0.717) is 6.42 Å². The summed E-state index contributed by atoms with van der Waals surface area (Å²) in [6.45, 7) is 7.96. The molecule has 1 aromatic rings. The van der Waals surface area contributed by atoms with Gasteiger partial charge in [-0.05, 0) is 56.2 Å². The van der Waals surface area contributed by atoms with Crippen LogP contribution in [-0.2, 0) is 16.0 Å². The van der Waals surface area contributed by atoms with Crippen molar-refractivity contribution in [2.24, 2.45) is 5.92 Å². The Hall–Kier alpha value is -1.84. The van der Waals surface area contributed by atoms with Gasteiger partial charge >= 0.3 is 5.97 Å². The summed E-state index contributed by atoms with van der Waals surface area (Å²) >= 11 is 0. The van der Waals surface area contributed by atoms with Gasteiger partial charge in [0.1, 0.15) is 5.54 Å². The molecule has 1 saturated carbocycles. The van der Waals surface area contributed by atoms with Gasteiger partial charge in [0, 0.05) is 0 Å². The van der Waals surface area contributed by atoms with Crippen LogP contribution in [0.3, 0.4) is 0 Å². The Morgan fingerprint density at radius 1 is 1.22 bits per heavy atom. The summed E-state index contributed by atoms with van der Waals surface area (Å²) in [4.78, 5) is 24.4. The Balaban J connectivity index is 2.19. The first kappa shape index (κ1) is 17.5. The van der Waals surface area contributed by atoms with E-state index in [1.54, 1.807) is 0 Å². The highest BCUT2D eigenvalue weighted by molar-refractivity contribution is 5.88. The number of hydrogen-bond donors (Lipinski definition) is 2. The first-order chi connectivity index (χ1) is 10.8. The Labute approximate surface area is 138 Å². The second kappa shape index (κ2) is 6.73. The zero-order chi connectivity index (χ0) is 17.2. The number of aliphatic carboxylic acids is 1. The number of carbonyl (C=O) groups is 2. The van der Waals surface area contributed by atoms with Crippen molar-refractivity contribution in [2.45, 2.75) is 65.3 Å². The number of benzene rings is 1. The molecule has 23 heavy (non-hydrogen) atoms. The lowest BCUT2D eigenvalue weighted by Gasteiger charge is -2.39. The lowest BCUT2D eigenvalue weighted by atomic mass is 9.73. The van der Waals surface area contributed by atoms with Crippen LogP contribution in [0.15, 0.2) is 12.1 Å². The van der Waals surface area contributed by atoms with Crippen LogP contribution in [-0.4, -0.2) is 22.5 Å². The minimum atomic E-state index is -1.11. The van der Waals surface area contributed by atoms with Crippen LogP contribution in [0, 0.1) is 26.7 Å². The molecule has 1 aliphatic carbocycles. The molecule has 2 N–H and O–H groups in total. The van der Waals surface area contributed by atoms with E-state index in [9.17, 15) is 14.7 Å². The molecule has 4 nitrogen and oxygen atoms in total. The zero-order valence-electron chi connectivity index (χ0n) is 14.5. The minimum absolute atomic E-state index is 0.0436. The standard InChI is InChI=1S/C19H27NO3/c1-12-9-13(2)16(14(3)10-12)11-17(21)20-19(18(22)23)8-6-5-7-15(19)4/h9-10,15H,5-8,11H2,1-4H3,(H,20,21)(H,22,23). The summed E-state index contributed by atoms with van der Waals surface area (Å²) < 4.78 is 0. The van der Waals surface area contributed by atoms with Gasteiger partial charge in [0.2, 0.25) is 5.91 Å². The quantitative estimate of drug-likeness (QED) is 0.895. The minimum Gasteiger partial charge on any atom is -0.479 e. The maximum Gasteiger partial charge on any atom is 0.329 e. The van der Waals surface area contributed by atoms with Crippen LogP contribution in [0.25, 0.3) is 0 Å². The van der Waals surface area contributed by atoms with Gasteiger partial charge in [0.05, 0.1) is 6.42 Å². The van der Waals surface area contributed by atoms with Crippen molar-refractivity contribution in [3.05, 3.63) is 34.4 Å². The van der Waals surface area contributed by atoms with Crippen LogP contribution in [0.5, 0.6) is 0 Å². The molecule has 0 saturated heterocycles. The summed E-state index contributed by atoms with van der Waals surface area (Å²) in [6.07, 6.45) is 3.47. The predicted molar refractivity (Wildman–Crippen MR) is 90.5 cm³/mol. The molecule has 1 aromatic carbocycles. The van der Waals surface area contributed by atoms with Gasteiger partial charge in [-0.3, -0.25) is 4.79 Å². The van der Waals surface area contributed by atoms with Crippen molar-refractivity contribution in [3.63, 3.8) is 0 Å². The van der Waals surface area contributed by atoms with Crippen LogP contribution in [0.4, 0.5) is 0 Å². The third-order valence-corrected chi connectivity index (χ3v) is 5.22. The molecular formula is C19H27NO3. The molecule has 1 fully saturated rings. The molecule has 0 aliphatic heterocycles. The van der Waals surface area contributed by atoms with E-state index in [1.807, 2.05) is 27.7 Å². The van der Waals surface area contributed by atoms with E-state index >= 15 is 0 Å². The molecule has 0 aromatic heterocycles. The SMILES string of the molecule is Cc1cc(C)c(CC(=O)NC2(C(=O)O)CCCCC2C)c(C)c1. The maximum atomic E-state index is 12.6. The Morgan fingerprint density at radius 2 is 1.83 bits per heavy atom.